The van der Waals surface area contributed by atoms with E-state index in [9.17, 15) is 0 Å². The molecule has 0 saturated heterocycles. The monoisotopic (exact) mass is 411 g/mol. The lowest BCUT2D eigenvalue weighted by Gasteiger charge is -2.17. The molecule has 1 unspecified atom stereocenters. The van der Waals surface area contributed by atoms with E-state index in [1.54, 1.807) is 0 Å². The van der Waals surface area contributed by atoms with Gasteiger partial charge in [0, 0.05) is 20.7 Å². The summed E-state index contributed by atoms with van der Waals surface area (Å²) in [5.41, 5.74) is 2.31. The first-order valence-electron chi connectivity index (χ1n) is 7.04. The predicted octanol–water partition coefficient (Wildman–Crippen LogP) is 6.17. The molecule has 0 spiro atoms. The molecular weight excluding hydrogens is 394 g/mol. The van der Waals surface area contributed by atoms with E-state index in [-0.39, 0.29) is 6.04 Å². The van der Waals surface area contributed by atoms with Gasteiger partial charge in [0.05, 0.1) is 6.61 Å². The molecule has 21 heavy (non-hydrogen) atoms. The summed E-state index contributed by atoms with van der Waals surface area (Å²) in [7, 11) is 0. The first-order valence-corrected chi connectivity index (χ1v) is 8.63. The van der Waals surface area contributed by atoms with Crippen LogP contribution >= 0.6 is 31.9 Å². The summed E-state index contributed by atoms with van der Waals surface area (Å²) >= 11 is 7.04. The van der Waals surface area contributed by atoms with E-state index in [2.05, 4.69) is 69.2 Å². The quantitative estimate of drug-likeness (QED) is 0.612. The molecule has 0 aliphatic rings. The van der Waals surface area contributed by atoms with Crippen molar-refractivity contribution in [2.45, 2.75) is 26.3 Å². The lowest BCUT2D eigenvalue weighted by molar-refractivity contribution is 0.317. The fourth-order valence-corrected chi connectivity index (χ4v) is 3.16. The fraction of sp³-hybridized carbons (Fsp3) is 0.294. The van der Waals surface area contributed by atoms with Crippen LogP contribution in [-0.2, 0) is 0 Å². The van der Waals surface area contributed by atoms with Crippen LogP contribution in [0.25, 0.3) is 0 Å². The molecule has 2 aromatic rings. The van der Waals surface area contributed by atoms with Gasteiger partial charge in [-0.05, 0) is 65.2 Å². The lowest BCUT2D eigenvalue weighted by Crippen LogP contribution is -2.07. The van der Waals surface area contributed by atoms with Gasteiger partial charge in [-0.15, -0.1) is 0 Å². The number of halogens is 2. The molecule has 0 fully saturated rings. The molecule has 4 heteroatoms. The van der Waals surface area contributed by atoms with E-state index in [0.717, 1.165) is 33.4 Å². The van der Waals surface area contributed by atoms with Crippen molar-refractivity contribution in [2.24, 2.45) is 0 Å². The van der Waals surface area contributed by atoms with Gasteiger partial charge < -0.3 is 10.1 Å². The number of ether oxygens (including phenoxy) is 1. The minimum absolute atomic E-state index is 0.225. The summed E-state index contributed by atoms with van der Waals surface area (Å²) in [6, 6.07) is 14.6. The van der Waals surface area contributed by atoms with E-state index in [4.69, 9.17) is 4.74 Å². The van der Waals surface area contributed by atoms with Crippen molar-refractivity contribution in [3.8, 4) is 5.75 Å². The Morgan fingerprint density at radius 3 is 2.43 bits per heavy atom. The minimum atomic E-state index is 0.225. The van der Waals surface area contributed by atoms with Crippen LogP contribution in [-0.4, -0.2) is 6.61 Å². The Balaban J connectivity index is 2.04. The second-order valence-corrected chi connectivity index (χ2v) is 6.68. The normalized spacial score (nSPS) is 12.0. The van der Waals surface area contributed by atoms with Crippen molar-refractivity contribution < 1.29 is 4.74 Å². The number of nitrogens with one attached hydrogen (secondary N) is 1. The van der Waals surface area contributed by atoms with Crippen LogP contribution < -0.4 is 10.1 Å². The molecule has 0 amide bonds. The Bertz CT molecular complexity index is 584. The van der Waals surface area contributed by atoms with E-state index < -0.39 is 0 Å². The molecule has 0 saturated carbocycles. The van der Waals surface area contributed by atoms with Gasteiger partial charge in [-0.25, -0.2) is 0 Å². The molecule has 2 rings (SSSR count). The highest BCUT2D eigenvalue weighted by molar-refractivity contribution is 9.11. The largest absolute Gasteiger partial charge is 0.494 e. The van der Waals surface area contributed by atoms with Crippen molar-refractivity contribution in [3.05, 3.63) is 57.0 Å². The van der Waals surface area contributed by atoms with Crippen LogP contribution in [0.1, 0.15) is 31.9 Å². The third-order valence-corrected chi connectivity index (χ3v) is 4.31. The predicted molar refractivity (Wildman–Crippen MR) is 96.1 cm³/mol. The zero-order valence-electron chi connectivity index (χ0n) is 12.2. The molecule has 1 N–H and O–H groups in total. The average molecular weight is 413 g/mol. The molecule has 2 aromatic carbocycles. The van der Waals surface area contributed by atoms with Crippen LogP contribution in [0, 0.1) is 0 Å². The number of benzene rings is 2. The number of rotatable bonds is 6. The highest BCUT2D eigenvalue weighted by atomic mass is 79.9. The Hall–Kier alpha value is -1.000. The second-order valence-electron chi connectivity index (χ2n) is 4.91. The van der Waals surface area contributed by atoms with Gasteiger partial charge >= 0.3 is 0 Å². The molecule has 0 heterocycles. The van der Waals surface area contributed by atoms with E-state index in [1.165, 1.54) is 5.56 Å². The summed E-state index contributed by atoms with van der Waals surface area (Å²) < 4.78 is 7.72. The molecule has 2 nitrogen and oxygen atoms in total. The van der Waals surface area contributed by atoms with Crippen molar-refractivity contribution in [1.82, 2.24) is 0 Å². The van der Waals surface area contributed by atoms with Gasteiger partial charge in [0.25, 0.3) is 0 Å². The first-order chi connectivity index (χ1) is 10.1. The van der Waals surface area contributed by atoms with Crippen LogP contribution in [0.15, 0.2) is 51.4 Å². The second kappa shape index (κ2) is 7.85. The molecule has 0 radical (unpaired) electrons. The standard InChI is InChI=1S/C17H19Br2NO/c1-3-10-21-15-7-4-13(5-8-15)12(2)20-17-9-6-14(18)11-16(17)19/h4-9,11-12,20H,3,10H2,1-2H3. The maximum absolute atomic E-state index is 5.61. The van der Waals surface area contributed by atoms with Crippen LogP contribution in [0.5, 0.6) is 5.75 Å². The van der Waals surface area contributed by atoms with Crippen LogP contribution in [0.4, 0.5) is 5.69 Å². The molecule has 1 atom stereocenters. The number of hydrogen-bond donors (Lipinski definition) is 1. The molecule has 0 aliphatic carbocycles. The Labute approximate surface area is 143 Å². The Morgan fingerprint density at radius 1 is 1.10 bits per heavy atom. The van der Waals surface area contributed by atoms with E-state index in [0.29, 0.717) is 0 Å². The zero-order chi connectivity index (χ0) is 15.2. The van der Waals surface area contributed by atoms with Crippen molar-refractivity contribution in [1.29, 1.82) is 0 Å². The van der Waals surface area contributed by atoms with Gasteiger partial charge in [-0.3, -0.25) is 0 Å². The molecular formula is C17H19Br2NO. The van der Waals surface area contributed by atoms with Crippen LogP contribution in [0.3, 0.4) is 0 Å². The smallest absolute Gasteiger partial charge is 0.119 e. The van der Waals surface area contributed by atoms with Crippen LogP contribution in [0.2, 0.25) is 0 Å². The Morgan fingerprint density at radius 2 is 1.81 bits per heavy atom. The highest BCUT2D eigenvalue weighted by Gasteiger charge is 2.08. The number of anilines is 1. The van der Waals surface area contributed by atoms with Gasteiger partial charge in [-0.2, -0.15) is 0 Å². The SMILES string of the molecule is CCCOc1ccc(C(C)Nc2ccc(Br)cc2Br)cc1. The maximum atomic E-state index is 5.61. The zero-order valence-corrected chi connectivity index (χ0v) is 15.4. The third kappa shape index (κ3) is 4.75. The molecule has 0 bridgehead atoms. The topological polar surface area (TPSA) is 21.3 Å². The molecule has 0 aromatic heterocycles. The minimum Gasteiger partial charge on any atom is -0.494 e. The summed E-state index contributed by atoms with van der Waals surface area (Å²) in [6.07, 6.45) is 1.03. The number of hydrogen-bond acceptors (Lipinski definition) is 2. The molecule has 112 valence electrons. The maximum Gasteiger partial charge on any atom is 0.119 e. The fourth-order valence-electron chi connectivity index (χ4n) is 2.00. The van der Waals surface area contributed by atoms with Gasteiger partial charge in [0.15, 0.2) is 0 Å². The summed E-state index contributed by atoms with van der Waals surface area (Å²) in [4.78, 5) is 0. The lowest BCUT2D eigenvalue weighted by atomic mass is 10.1. The summed E-state index contributed by atoms with van der Waals surface area (Å²) in [5.74, 6) is 0.928. The van der Waals surface area contributed by atoms with Crippen molar-refractivity contribution in [2.75, 3.05) is 11.9 Å². The summed E-state index contributed by atoms with van der Waals surface area (Å²) in [5, 5.41) is 3.51. The Kier molecular flexibility index (Phi) is 6.12. The third-order valence-electron chi connectivity index (χ3n) is 3.16. The van der Waals surface area contributed by atoms with E-state index >= 15 is 0 Å². The summed E-state index contributed by atoms with van der Waals surface area (Å²) in [6.45, 7) is 5.02. The van der Waals surface area contributed by atoms with E-state index in [1.807, 2.05) is 24.3 Å². The van der Waals surface area contributed by atoms with Gasteiger partial charge in [0.2, 0.25) is 0 Å². The van der Waals surface area contributed by atoms with Gasteiger partial charge in [-0.1, -0.05) is 35.0 Å². The average Bonchev–Trinajstić information content (AvgIpc) is 2.48. The van der Waals surface area contributed by atoms with Crippen molar-refractivity contribution in [3.63, 3.8) is 0 Å². The first kappa shape index (κ1) is 16.4. The van der Waals surface area contributed by atoms with Gasteiger partial charge in [0.1, 0.15) is 5.75 Å². The highest BCUT2D eigenvalue weighted by Crippen LogP contribution is 2.29. The molecule has 0 aliphatic heterocycles. The van der Waals surface area contributed by atoms with Crippen molar-refractivity contribution >= 4 is 37.5 Å².